The topological polar surface area (TPSA) is 58.0 Å². The van der Waals surface area contributed by atoms with Gasteiger partial charge < -0.3 is 9.80 Å². The molecule has 6 nitrogen and oxygen atoms in total. The third kappa shape index (κ3) is 3.80. The van der Waals surface area contributed by atoms with Crippen molar-refractivity contribution in [2.45, 2.75) is 12.7 Å². The molecule has 9 heteroatoms. The fourth-order valence-electron chi connectivity index (χ4n) is 1.69. The van der Waals surface area contributed by atoms with Gasteiger partial charge in [0, 0.05) is 39.6 Å². The number of anilines is 2. The number of hydrogen-bond donors (Lipinski definition) is 0. The van der Waals surface area contributed by atoms with E-state index in [0.717, 1.165) is 6.07 Å². The summed E-state index contributed by atoms with van der Waals surface area (Å²) in [5, 5.41) is 0. The number of rotatable bonds is 4. The molecule has 0 saturated heterocycles. The van der Waals surface area contributed by atoms with Crippen LogP contribution in [-0.4, -0.2) is 41.1 Å². The van der Waals surface area contributed by atoms with Crippen LogP contribution in [0.3, 0.4) is 0 Å². The molecule has 0 N–H and O–H groups in total. The predicted octanol–water partition coefficient (Wildman–Crippen LogP) is 1.99. The van der Waals surface area contributed by atoms with Crippen LogP contribution in [0.25, 0.3) is 0 Å². The zero-order chi connectivity index (χ0) is 16.3. The van der Waals surface area contributed by atoms with Crippen molar-refractivity contribution in [2.75, 3.05) is 30.9 Å². The Morgan fingerprint density at radius 1 is 1.09 bits per heavy atom. The summed E-state index contributed by atoms with van der Waals surface area (Å²) < 4.78 is 38.9. The summed E-state index contributed by atoms with van der Waals surface area (Å²) in [7, 11) is 4.84. The third-order valence-corrected chi connectivity index (χ3v) is 2.81. The van der Waals surface area contributed by atoms with Crippen LogP contribution < -0.4 is 9.80 Å². The summed E-state index contributed by atoms with van der Waals surface area (Å²) in [5.41, 5.74) is -0.371. The third-order valence-electron chi connectivity index (χ3n) is 2.81. The van der Waals surface area contributed by atoms with Gasteiger partial charge in [-0.05, 0) is 0 Å². The van der Waals surface area contributed by atoms with E-state index in [9.17, 15) is 13.2 Å². The molecule has 0 aromatic carbocycles. The first-order valence-corrected chi connectivity index (χ1v) is 6.37. The fourth-order valence-corrected chi connectivity index (χ4v) is 1.69. The highest BCUT2D eigenvalue weighted by molar-refractivity contribution is 5.45. The second-order valence-corrected chi connectivity index (χ2v) is 4.86. The molecule has 2 aromatic heterocycles. The van der Waals surface area contributed by atoms with Crippen LogP contribution in [0, 0.1) is 0 Å². The molecule has 0 aliphatic carbocycles. The standard InChI is InChI=1S/C13H15F3N6/c1-21(2)11-6-10(13(14,15)16)19-12(20-11)22(3)8-9-7-17-4-5-18-9/h4-7H,8H2,1-3H3. The van der Waals surface area contributed by atoms with Gasteiger partial charge in [0.05, 0.1) is 18.4 Å². The lowest BCUT2D eigenvalue weighted by molar-refractivity contribution is -0.141. The van der Waals surface area contributed by atoms with E-state index in [0.29, 0.717) is 5.69 Å². The van der Waals surface area contributed by atoms with Crippen molar-refractivity contribution >= 4 is 11.8 Å². The number of aromatic nitrogens is 4. The van der Waals surface area contributed by atoms with E-state index in [1.165, 1.54) is 28.4 Å². The van der Waals surface area contributed by atoms with Crippen molar-refractivity contribution in [1.29, 1.82) is 0 Å². The van der Waals surface area contributed by atoms with Crippen LogP contribution in [0.5, 0.6) is 0 Å². The van der Waals surface area contributed by atoms with Gasteiger partial charge in [0.2, 0.25) is 5.95 Å². The van der Waals surface area contributed by atoms with Gasteiger partial charge in [0.25, 0.3) is 0 Å². The van der Waals surface area contributed by atoms with Gasteiger partial charge in [0.1, 0.15) is 5.82 Å². The Hall–Kier alpha value is -2.45. The molecule has 22 heavy (non-hydrogen) atoms. The molecule has 0 unspecified atom stereocenters. The molecular formula is C13H15F3N6. The van der Waals surface area contributed by atoms with Gasteiger partial charge in [-0.3, -0.25) is 9.97 Å². The predicted molar refractivity (Wildman–Crippen MR) is 75.5 cm³/mol. The Morgan fingerprint density at radius 2 is 1.82 bits per heavy atom. The van der Waals surface area contributed by atoms with Crippen molar-refractivity contribution in [3.8, 4) is 0 Å². The normalized spacial score (nSPS) is 11.4. The quantitative estimate of drug-likeness (QED) is 0.860. The minimum absolute atomic E-state index is 0.0239. The Kier molecular flexibility index (Phi) is 4.43. The van der Waals surface area contributed by atoms with Gasteiger partial charge >= 0.3 is 6.18 Å². The lowest BCUT2D eigenvalue weighted by Gasteiger charge is -2.20. The zero-order valence-electron chi connectivity index (χ0n) is 12.3. The van der Waals surface area contributed by atoms with Crippen LogP contribution in [0.15, 0.2) is 24.7 Å². The highest BCUT2D eigenvalue weighted by Gasteiger charge is 2.34. The minimum Gasteiger partial charge on any atom is -0.363 e. The van der Waals surface area contributed by atoms with Crippen LogP contribution in [0.4, 0.5) is 24.9 Å². The van der Waals surface area contributed by atoms with Crippen molar-refractivity contribution in [3.05, 3.63) is 36.0 Å². The molecule has 0 aliphatic rings. The van der Waals surface area contributed by atoms with E-state index in [1.54, 1.807) is 21.1 Å². The first-order chi connectivity index (χ1) is 10.3. The van der Waals surface area contributed by atoms with Crippen LogP contribution in [0.2, 0.25) is 0 Å². The van der Waals surface area contributed by atoms with Crippen molar-refractivity contribution in [2.24, 2.45) is 0 Å². The average Bonchev–Trinajstić information content (AvgIpc) is 2.46. The minimum atomic E-state index is -4.53. The summed E-state index contributed by atoms with van der Waals surface area (Å²) >= 11 is 0. The molecule has 0 fully saturated rings. The van der Waals surface area contributed by atoms with Gasteiger partial charge in [-0.2, -0.15) is 18.2 Å². The highest BCUT2D eigenvalue weighted by atomic mass is 19.4. The van der Waals surface area contributed by atoms with Gasteiger partial charge in [-0.15, -0.1) is 0 Å². The summed E-state index contributed by atoms with van der Waals surface area (Å²) in [6.07, 6.45) is 0.0443. The summed E-state index contributed by atoms with van der Waals surface area (Å²) in [5.74, 6) is 0.160. The number of hydrogen-bond acceptors (Lipinski definition) is 6. The SMILES string of the molecule is CN(C)c1cc(C(F)(F)F)nc(N(C)Cc2cnccn2)n1. The fraction of sp³-hybridized carbons (Fsp3) is 0.385. The monoisotopic (exact) mass is 312 g/mol. The highest BCUT2D eigenvalue weighted by Crippen LogP contribution is 2.30. The molecule has 0 radical (unpaired) electrons. The summed E-state index contributed by atoms with van der Waals surface area (Å²) in [4.78, 5) is 18.7. The molecule has 0 bridgehead atoms. The van der Waals surface area contributed by atoms with E-state index in [-0.39, 0.29) is 18.3 Å². The molecule has 2 aromatic rings. The lowest BCUT2D eigenvalue weighted by Crippen LogP contribution is -2.23. The molecule has 2 heterocycles. The second kappa shape index (κ2) is 6.12. The molecule has 0 saturated carbocycles. The Bertz CT molecular complexity index is 629. The largest absolute Gasteiger partial charge is 0.433 e. The summed E-state index contributed by atoms with van der Waals surface area (Å²) in [6, 6.07) is 0.916. The first-order valence-electron chi connectivity index (χ1n) is 6.37. The smallest absolute Gasteiger partial charge is 0.363 e. The number of nitrogens with zero attached hydrogens (tertiary/aromatic N) is 6. The van der Waals surface area contributed by atoms with E-state index >= 15 is 0 Å². The molecule has 0 aliphatic heterocycles. The van der Waals surface area contributed by atoms with Crippen LogP contribution >= 0.6 is 0 Å². The van der Waals surface area contributed by atoms with E-state index < -0.39 is 11.9 Å². The maximum absolute atomic E-state index is 13.0. The Labute approximate surface area is 125 Å². The molecule has 0 atom stereocenters. The second-order valence-electron chi connectivity index (χ2n) is 4.86. The van der Waals surface area contributed by atoms with Crippen LogP contribution in [0.1, 0.15) is 11.4 Å². The molecule has 0 spiro atoms. The van der Waals surface area contributed by atoms with Crippen molar-refractivity contribution in [3.63, 3.8) is 0 Å². The van der Waals surface area contributed by atoms with Gasteiger partial charge in [0.15, 0.2) is 5.69 Å². The number of halogens is 3. The van der Waals surface area contributed by atoms with Gasteiger partial charge in [-0.1, -0.05) is 0 Å². The van der Waals surface area contributed by atoms with Crippen molar-refractivity contribution < 1.29 is 13.2 Å². The molecule has 2 rings (SSSR count). The lowest BCUT2D eigenvalue weighted by atomic mass is 10.3. The number of alkyl halides is 3. The molecule has 0 amide bonds. The first kappa shape index (κ1) is 15.9. The maximum atomic E-state index is 13.0. The summed E-state index contributed by atoms with van der Waals surface area (Å²) in [6.45, 7) is 0.252. The zero-order valence-corrected chi connectivity index (χ0v) is 12.3. The maximum Gasteiger partial charge on any atom is 0.433 e. The Morgan fingerprint density at radius 3 is 2.36 bits per heavy atom. The van der Waals surface area contributed by atoms with Gasteiger partial charge in [-0.25, -0.2) is 4.98 Å². The van der Waals surface area contributed by atoms with E-state index in [4.69, 9.17) is 0 Å². The Balaban J connectivity index is 2.34. The molecular weight excluding hydrogens is 297 g/mol. The van der Waals surface area contributed by atoms with Crippen molar-refractivity contribution in [1.82, 2.24) is 19.9 Å². The average molecular weight is 312 g/mol. The van der Waals surface area contributed by atoms with E-state index in [1.807, 2.05) is 0 Å². The van der Waals surface area contributed by atoms with Crippen LogP contribution in [-0.2, 0) is 12.7 Å². The molecule has 118 valence electrons. The van der Waals surface area contributed by atoms with E-state index in [2.05, 4.69) is 19.9 Å².